The molecule has 0 saturated heterocycles. The zero-order valence-electron chi connectivity index (χ0n) is 33.4. The number of hydrogen-bond donors (Lipinski definition) is 13. The Balaban J connectivity index is 0.980. The number of hydrogen-bond acceptors (Lipinski definition) is 14. The largest absolute Gasteiger partial charge is 0.508 e. The second-order valence-corrected chi connectivity index (χ2v) is 14.1. The number of carboxylic acids is 1. The van der Waals surface area contributed by atoms with Gasteiger partial charge in [0, 0.05) is 39.7 Å². The summed E-state index contributed by atoms with van der Waals surface area (Å²) < 4.78 is 0. The molecule has 0 fully saturated rings. The number of H-pyrrole nitrogens is 2. The molecule has 0 unspecified atom stereocenters. The van der Waals surface area contributed by atoms with E-state index in [1.807, 2.05) is 0 Å². The first kappa shape index (κ1) is 43.9. The Hall–Kier alpha value is -9.15. The predicted octanol–water partition coefficient (Wildman–Crippen LogP) is 3.22. The molecule has 13 N–H and O–H groups in total. The fourth-order valence-corrected chi connectivity index (χ4v) is 6.52. The first-order valence-corrected chi connectivity index (χ1v) is 19.2. The number of phenolic OH excluding ortho intramolecular Hbond substituents is 1. The summed E-state index contributed by atoms with van der Waals surface area (Å²) in [5.74, 6) is -6.43. The number of phenols is 3. The SMILES string of the molecule is O=C(N[C@@H](Cc1cn[nH]n1)C(=O)Nc1ccc(C(=O)Nc2ccc(C(=O)Nc3ccc(C(=O)O)c(O)c3CO)c(O)c2CO)nc1)c1ccc(NC(=O)c2cc3cc(O)ccc3[nH]2)cc1. The van der Waals surface area contributed by atoms with E-state index >= 15 is 0 Å². The highest BCUT2D eigenvalue weighted by molar-refractivity contribution is 6.10. The average Bonchev–Trinajstić information content (AvgIpc) is 3.97. The minimum absolute atomic E-state index is 0.0558. The van der Waals surface area contributed by atoms with Crippen molar-refractivity contribution in [2.45, 2.75) is 25.7 Å². The highest BCUT2D eigenvalue weighted by Gasteiger charge is 2.25. The summed E-state index contributed by atoms with van der Waals surface area (Å²) >= 11 is 0. The molecule has 5 amide bonds. The molecule has 1 atom stereocenters. The first-order chi connectivity index (χ1) is 31.2. The second kappa shape index (κ2) is 18.9. The maximum Gasteiger partial charge on any atom is 0.339 e. The van der Waals surface area contributed by atoms with Gasteiger partial charge in [0.1, 0.15) is 40.2 Å². The lowest BCUT2D eigenvalue weighted by Crippen LogP contribution is -2.45. The highest BCUT2D eigenvalue weighted by atomic mass is 16.4. The summed E-state index contributed by atoms with van der Waals surface area (Å²) in [6, 6.07) is 18.1. The summed E-state index contributed by atoms with van der Waals surface area (Å²) in [6.45, 7) is -1.68. The third kappa shape index (κ3) is 9.83. The van der Waals surface area contributed by atoms with Crippen LogP contribution in [0.2, 0.25) is 0 Å². The molecule has 4 aromatic carbocycles. The van der Waals surface area contributed by atoms with E-state index in [1.165, 1.54) is 67.0 Å². The number of pyridine rings is 1. The number of amides is 5. The number of nitrogens with zero attached hydrogens (tertiary/aromatic N) is 3. The van der Waals surface area contributed by atoms with Gasteiger partial charge >= 0.3 is 5.97 Å². The van der Waals surface area contributed by atoms with Crippen molar-refractivity contribution in [3.05, 3.63) is 142 Å². The monoisotopic (exact) mass is 884 g/mol. The van der Waals surface area contributed by atoms with Crippen LogP contribution in [0.5, 0.6) is 17.2 Å². The minimum Gasteiger partial charge on any atom is -0.508 e. The molecule has 7 aromatic rings. The molecule has 0 aliphatic rings. The number of anilines is 4. The third-order valence-electron chi connectivity index (χ3n) is 9.87. The number of nitrogens with one attached hydrogen (secondary N) is 7. The number of aromatic nitrogens is 5. The Morgan fingerprint density at radius 1 is 0.646 bits per heavy atom. The van der Waals surface area contributed by atoms with Crippen LogP contribution < -0.4 is 26.6 Å². The Morgan fingerprint density at radius 2 is 1.31 bits per heavy atom. The van der Waals surface area contributed by atoms with Gasteiger partial charge in [-0.05, 0) is 84.9 Å². The molecule has 3 aromatic heterocycles. The molecule has 0 radical (unpaired) electrons. The third-order valence-corrected chi connectivity index (χ3v) is 9.87. The van der Waals surface area contributed by atoms with Crippen molar-refractivity contribution in [3.8, 4) is 17.2 Å². The number of rotatable bonds is 15. The second-order valence-electron chi connectivity index (χ2n) is 14.1. The maximum absolute atomic E-state index is 13.5. The highest BCUT2D eigenvalue weighted by Crippen LogP contribution is 2.34. The van der Waals surface area contributed by atoms with E-state index in [4.69, 9.17) is 0 Å². The molecule has 0 aliphatic heterocycles. The van der Waals surface area contributed by atoms with E-state index in [0.717, 1.165) is 18.2 Å². The number of benzene rings is 4. The van der Waals surface area contributed by atoms with Gasteiger partial charge in [-0.1, -0.05) is 0 Å². The van der Waals surface area contributed by atoms with Gasteiger partial charge in [-0.15, -0.1) is 0 Å². The quantitative estimate of drug-likeness (QED) is 0.0703. The lowest BCUT2D eigenvalue weighted by molar-refractivity contribution is -0.118. The van der Waals surface area contributed by atoms with Crippen LogP contribution in [0.25, 0.3) is 10.9 Å². The number of carbonyl (C=O) groups excluding carboxylic acids is 5. The van der Waals surface area contributed by atoms with Gasteiger partial charge in [-0.25, -0.2) is 9.78 Å². The molecule has 330 valence electrons. The Morgan fingerprint density at radius 3 is 1.94 bits per heavy atom. The van der Waals surface area contributed by atoms with E-state index in [0.29, 0.717) is 22.3 Å². The normalized spacial score (nSPS) is 11.4. The smallest absolute Gasteiger partial charge is 0.339 e. The van der Waals surface area contributed by atoms with Crippen LogP contribution in [0.4, 0.5) is 22.7 Å². The number of aliphatic hydroxyl groups is 2. The van der Waals surface area contributed by atoms with Crippen LogP contribution in [0, 0.1) is 0 Å². The van der Waals surface area contributed by atoms with Crippen molar-refractivity contribution in [3.63, 3.8) is 0 Å². The molecule has 0 aliphatic carbocycles. The standard InChI is InChI=1S/C43H36N10O12/c54-18-28-32(11-7-26(36(28)57)39(60)49-31-12-8-27(43(64)65)37(58)29(31)19-55)50-40(61)33-9-5-23(16-44-33)47-42(63)35(15-24-17-45-53-52-24)51-38(59)20-1-3-22(4-2-20)46-41(62)34-14-21-13-25(56)6-10-30(21)48-34/h1-14,16-17,35,48,54-58H,15,18-19H2,(H,46,62)(H,47,63)(H,49,60)(H,50,61)(H,51,59)(H,64,65)(H,45,52,53)/t35-/m0/s1. The molecule has 3 heterocycles. The van der Waals surface area contributed by atoms with Crippen LogP contribution in [-0.4, -0.2) is 97.6 Å². The molecule has 7 rings (SSSR count). The van der Waals surface area contributed by atoms with Gasteiger partial charge in [0.15, 0.2) is 0 Å². The number of carboxylic acid groups (broad SMARTS) is 1. The molecule has 22 nitrogen and oxygen atoms in total. The Kier molecular flexibility index (Phi) is 12.7. The summed E-state index contributed by atoms with van der Waals surface area (Å²) in [7, 11) is 0. The van der Waals surface area contributed by atoms with Gasteiger partial charge in [0.2, 0.25) is 5.91 Å². The van der Waals surface area contributed by atoms with Crippen molar-refractivity contribution >= 4 is 69.2 Å². The lowest BCUT2D eigenvalue weighted by Gasteiger charge is -2.18. The number of aromatic carboxylic acids is 1. The molecule has 0 spiro atoms. The fraction of sp³-hybridized carbons (Fsp3) is 0.0930. The van der Waals surface area contributed by atoms with Gasteiger partial charge in [-0.2, -0.15) is 15.4 Å². The number of carbonyl (C=O) groups is 6. The zero-order valence-corrected chi connectivity index (χ0v) is 33.4. The van der Waals surface area contributed by atoms with Gasteiger partial charge in [-0.3, -0.25) is 24.0 Å². The van der Waals surface area contributed by atoms with Crippen LogP contribution in [0.3, 0.4) is 0 Å². The summed E-state index contributed by atoms with van der Waals surface area (Å²) in [4.78, 5) is 84.5. The van der Waals surface area contributed by atoms with E-state index in [9.17, 15) is 59.4 Å². The van der Waals surface area contributed by atoms with Crippen LogP contribution >= 0.6 is 0 Å². The van der Waals surface area contributed by atoms with Gasteiger partial charge in [0.05, 0.1) is 53.9 Å². The molecule has 0 bridgehead atoms. The summed E-state index contributed by atoms with van der Waals surface area (Å²) in [5.41, 5.74) is 0.0916. The van der Waals surface area contributed by atoms with E-state index < -0.39 is 71.8 Å². The number of aliphatic hydroxyl groups excluding tert-OH is 2. The molecular formula is C43H36N10O12. The van der Waals surface area contributed by atoms with Crippen molar-refractivity contribution in [1.82, 2.24) is 30.7 Å². The van der Waals surface area contributed by atoms with Crippen LogP contribution in [0.15, 0.2) is 97.3 Å². The van der Waals surface area contributed by atoms with Crippen molar-refractivity contribution < 1.29 is 59.4 Å². The van der Waals surface area contributed by atoms with Crippen molar-refractivity contribution in [1.29, 1.82) is 0 Å². The summed E-state index contributed by atoms with van der Waals surface area (Å²) in [6.07, 6.45) is 2.48. The number of aromatic hydroxyl groups is 3. The molecule has 0 saturated carbocycles. The molecule has 22 heteroatoms. The number of fused-ring (bicyclic) bond motifs is 1. The Labute approximate surface area is 365 Å². The minimum atomic E-state index is -1.47. The Bertz CT molecular complexity index is 2970. The maximum atomic E-state index is 13.5. The molecular weight excluding hydrogens is 849 g/mol. The predicted molar refractivity (Wildman–Crippen MR) is 229 cm³/mol. The average molecular weight is 885 g/mol. The van der Waals surface area contributed by atoms with Gasteiger partial charge < -0.3 is 62.2 Å². The zero-order chi connectivity index (χ0) is 46.4. The molecule has 65 heavy (non-hydrogen) atoms. The van der Waals surface area contributed by atoms with Crippen LogP contribution in [-0.2, 0) is 24.4 Å². The van der Waals surface area contributed by atoms with Crippen LogP contribution in [0.1, 0.15) is 68.9 Å². The van der Waals surface area contributed by atoms with Crippen molar-refractivity contribution in [2.24, 2.45) is 0 Å². The fourth-order valence-electron chi connectivity index (χ4n) is 6.52. The lowest BCUT2D eigenvalue weighted by atomic mass is 10.0. The van der Waals surface area contributed by atoms with E-state index in [1.54, 1.807) is 12.1 Å². The first-order valence-electron chi connectivity index (χ1n) is 19.2. The van der Waals surface area contributed by atoms with E-state index in [2.05, 4.69) is 52.0 Å². The topological polar surface area (TPSA) is 354 Å². The van der Waals surface area contributed by atoms with Crippen molar-refractivity contribution in [2.75, 3.05) is 21.3 Å². The van der Waals surface area contributed by atoms with E-state index in [-0.39, 0.29) is 62.9 Å². The summed E-state index contributed by atoms with van der Waals surface area (Å²) in [5, 5.41) is 83.6. The number of aromatic amines is 2. The van der Waals surface area contributed by atoms with Gasteiger partial charge in [0.25, 0.3) is 23.6 Å².